The fourth-order valence-corrected chi connectivity index (χ4v) is 2.07. The monoisotopic (exact) mass is 332 g/mol. The van der Waals surface area contributed by atoms with Crippen LogP contribution < -0.4 is 10.6 Å². The van der Waals surface area contributed by atoms with Gasteiger partial charge in [0.25, 0.3) is 0 Å². The van der Waals surface area contributed by atoms with Crippen LogP contribution in [-0.4, -0.2) is 44.5 Å². The van der Waals surface area contributed by atoms with Crippen LogP contribution in [0.5, 0.6) is 0 Å². The first kappa shape index (κ1) is 17.7. The van der Waals surface area contributed by atoms with Gasteiger partial charge in [-0.2, -0.15) is 5.10 Å². The van der Waals surface area contributed by atoms with E-state index in [2.05, 4.69) is 25.7 Å². The average Bonchev–Trinajstić information content (AvgIpc) is 2.81. The van der Waals surface area contributed by atoms with Crippen LogP contribution in [0.3, 0.4) is 0 Å². The normalized spacial score (nSPS) is 11.2. The Balaban J connectivity index is 1.87. The fourth-order valence-electron chi connectivity index (χ4n) is 2.07. The minimum atomic E-state index is -0.503. The Kier molecular flexibility index (Phi) is 5.38. The van der Waals surface area contributed by atoms with E-state index in [1.807, 2.05) is 40.7 Å². The third-order valence-electron chi connectivity index (χ3n) is 2.95. The molecular formula is C16H24N6O2. The smallest absolute Gasteiger partial charge is 0.407 e. The molecule has 1 amide bonds. The Morgan fingerprint density at radius 1 is 1.25 bits per heavy atom. The summed E-state index contributed by atoms with van der Waals surface area (Å²) in [6.45, 7) is 10.3. The molecule has 0 spiro atoms. The topological polar surface area (TPSA) is 94.0 Å². The Labute approximate surface area is 141 Å². The summed E-state index contributed by atoms with van der Waals surface area (Å²) in [5, 5.41) is 10.2. The molecule has 0 atom stereocenters. The number of anilines is 1. The molecule has 0 fully saturated rings. The molecule has 2 N–H and O–H groups in total. The second-order valence-electron chi connectivity index (χ2n) is 6.46. The van der Waals surface area contributed by atoms with E-state index in [0.29, 0.717) is 24.7 Å². The van der Waals surface area contributed by atoms with Crippen molar-refractivity contribution >= 4 is 11.9 Å². The molecule has 8 nitrogen and oxygen atoms in total. The number of nitrogens with zero attached hydrogens (tertiary/aromatic N) is 4. The van der Waals surface area contributed by atoms with Gasteiger partial charge in [-0.25, -0.2) is 14.5 Å². The molecule has 0 unspecified atom stereocenters. The maximum Gasteiger partial charge on any atom is 0.407 e. The number of amides is 1. The van der Waals surface area contributed by atoms with E-state index in [9.17, 15) is 4.79 Å². The number of alkyl carbamates (subject to hydrolysis) is 1. The molecule has 8 heteroatoms. The lowest BCUT2D eigenvalue weighted by atomic mass is 10.2. The van der Waals surface area contributed by atoms with Crippen LogP contribution in [0.1, 0.15) is 32.2 Å². The van der Waals surface area contributed by atoms with Crippen LogP contribution in [0.2, 0.25) is 0 Å². The molecule has 0 aliphatic rings. The molecule has 0 saturated heterocycles. The minimum Gasteiger partial charge on any atom is -0.444 e. The highest BCUT2D eigenvalue weighted by Gasteiger charge is 2.15. The highest BCUT2D eigenvalue weighted by Crippen LogP contribution is 2.11. The van der Waals surface area contributed by atoms with Gasteiger partial charge >= 0.3 is 6.09 Å². The Morgan fingerprint density at radius 3 is 2.62 bits per heavy atom. The summed E-state index contributed by atoms with van der Waals surface area (Å²) >= 11 is 0. The van der Waals surface area contributed by atoms with Gasteiger partial charge in [-0.15, -0.1) is 0 Å². The van der Waals surface area contributed by atoms with Crippen molar-refractivity contribution in [3.63, 3.8) is 0 Å². The van der Waals surface area contributed by atoms with Gasteiger partial charge < -0.3 is 15.4 Å². The van der Waals surface area contributed by atoms with Crippen LogP contribution >= 0.6 is 0 Å². The summed E-state index contributed by atoms with van der Waals surface area (Å²) in [5.74, 6) is 1.26. The van der Waals surface area contributed by atoms with Gasteiger partial charge in [-0.1, -0.05) is 0 Å². The lowest BCUT2D eigenvalue weighted by Crippen LogP contribution is -2.35. The zero-order chi connectivity index (χ0) is 17.7. The molecule has 0 aliphatic heterocycles. The number of hydrogen-bond donors (Lipinski definition) is 2. The lowest BCUT2D eigenvalue weighted by molar-refractivity contribution is 0.0530. The van der Waals surface area contributed by atoms with Gasteiger partial charge in [0.05, 0.1) is 18.1 Å². The first-order valence-corrected chi connectivity index (χ1v) is 7.81. The second-order valence-corrected chi connectivity index (χ2v) is 6.46. The van der Waals surface area contributed by atoms with E-state index < -0.39 is 11.7 Å². The van der Waals surface area contributed by atoms with Crippen molar-refractivity contribution in [1.29, 1.82) is 0 Å². The lowest BCUT2D eigenvalue weighted by Gasteiger charge is -2.19. The third-order valence-corrected chi connectivity index (χ3v) is 2.95. The highest BCUT2D eigenvalue weighted by atomic mass is 16.6. The SMILES string of the molecule is Cc1cc(C)n(-c2cncc(NCCNC(=O)OC(C)(C)C)n2)n1. The number of carbonyl (C=O) groups excluding carboxylic acids is 1. The van der Waals surface area contributed by atoms with Crippen molar-refractivity contribution in [3.8, 4) is 5.82 Å². The number of rotatable bonds is 5. The number of aryl methyl sites for hydroxylation is 2. The van der Waals surface area contributed by atoms with E-state index in [-0.39, 0.29) is 0 Å². The van der Waals surface area contributed by atoms with Crippen LogP contribution in [0.15, 0.2) is 18.5 Å². The predicted octanol–water partition coefficient (Wildman–Crippen LogP) is 2.22. The van der Waals surface area contributed by atoms with Crippen molar-refractivity contribution in [2.45, 2.75) is 40.2 Å². The number of carbonyl (C=O) groups is 1. The zero-order valence-corrected chi connectivity index (χ0v) is 14.8. The number of hydrogen-bond acceptors (Lipinski definition) is 6. The Morgan fingerprint density at radius 2 is 2.00 bits per heavy atom. The first-order chi connectivity index (χ1) is 11.2. The third kappa shape index (κ3) is 5.22. The highest BCUT2D eigenvalue weighted by molar-refractivity contribution is 5.67. The van der Waals surface area contributed by atoms with Crippen molar-refractivity contribution in [2.24, 2.45) is 0 Å². The van der Waals surface area contributed by atoms with Crippen molar-refractivity contribution in [3.05, 3.63) is 29.8 Å². The summed E-state index contributed by atoms with van der Waals surface area (Å²) in [6, 6.07) is 1.98. The number of ether oxygens (including phenoxy) is 1. The fraction of sp³-hybridized carbons (Fsp3) is 0.500. The number of nitrogens with one attached hydrogen (secondary N) is 2. The van der Waals surface area contributed by atoms with Gasteiger partial charge in [-0.05, 0) is 40.7 Å². The Bertz CT molecular complexity index is 705. The predicted molar refractivity (Wildman–Crippen MR) is 91.4 cm³/mol. The summed E-state index contributed by atoms with van der Waals surface area (Å²) in [6.07, 6.45) is 2.85. The van der Waals surface area contributed by atoms with Gasteiger partial charge in [0.1, 0.15) is 11.4 Å². The van der Waals surface area contributed by atoms with E-state index in [0.717, 1.165) is 11.4 Å². The van der Waals surface area contributed by atoms with Crippen LogP contribution in [-0.2, 0) is 4.74 Å². The van der Waals surface area contributed by atoms with Gasteiger partial charge in [0, 0.05) is 18.8 Å². The maximum atomic E-state index is 11.5. The molecule has 0 aromatic carbocycles. The molecule has 0 bridgehead atoms. The molecule has 24 heavy (non-hydrogen) atoms. The minimum absolute atomic E-state index is 0.417. The molecule has 0 aliphatic carbocycles. The van der Waals surface area contributed by atoms with Crippen LogP contribution in [0, 0.1) is 13.8 Å². The quantitative estimate of drug-likeness (QED) is 0.815. The first-order valence-electron chi connectivity index (χ1n) is 7.81. The van der Waals surface area contributed by atoms with Crippen LogP contribution in [0.4, 0.5) is 10.6 Å². The summed E-state index contributed by atoms with van der Waals surface area (Å²) in [7, 11) is 0. The largest absolute Gasteiger partial charge is 0.444 e. The molecule has 130 valence electrons. The van der Waals surface area contributed by atoms with Gasteiger partial charge in [0.15, 0.2) is 5.82 Å². The summed E-state index contributed by atoms with van der Waals surface area (Å²) < 4.78 is 6.91. The van der Waals surface area contributed by atoms with E-state index in [1.165, 1.54) is 0 Å². The zero-order valence-electron chi connectivity index (χ0n) is 14.8. The molecule has 2 aromatic rings. The Hall–Kier alpha value is -2.64. The number of aromatic nitrogens is 4. The molecule has 2 aromatic heterocycles. The average molecular weight is 332 g/mol. The van der Waals surface area contributed by atoms with Crippen LogP contribution in [0.25, 0.3) is 5.82 Å². The molecule has 0 radical (unpaired) electrons. The second kappa shape index (κ2) is 7.29. The molecule has 0 saturated carbocycles. The van der Waals surface area contributed by atoms with E-state index in [1.54, 1.807) is 17.1 Å². The molecule has 2 rings (SSSR count). The van der Waals surface area contributed by atoms with Crippen molar-refractivity contribution < 1.29 is 9.53 Å². The molecular weight excluding hydrogens is 308 g/mol. The van der Waals surface area contributed by atoms with E-state index in [4.69, 9.17) is 4.74 Å². The van der Waals surface area contributed by atoms with Gasteiger partial charge in [0.2, 0.25) is 0 Å². The van der Waals surface area contributed by atoms with Crippen molar-refractivity contribution in [2.75, 3.05) is 18.4 Å². The summed E-state index contributed by atoms with van der Waals surface area (Å²) in [5.41, 5.74) is 1.41. The maximum absolute atomic E-state index is 11.5. The van der Waals surface area contributed by atoms with E-state index >= 15 is 0 Å². The van der Waals surface area contributed by atoms with Gasteiger partial charge in [-0.3, -0.25) is 4.98 Å². The molecule has 2 heterocycles. The summed E-state index contributed by atoms with van der Waals surface area (Å²) in [4.78, 5) is 20.2. The van der Waals surface area contributed by atoms with Crippen molar-refractivity contribution in [1.82, 2.24) is 25.1 Å². The standard InChI is InChI=1S/C16H24N6O2/c1-11-8-12(2)22(21-11)14-10-17-9-13(20-14)18-6-7-19-15(23)24-16(3,4)5/h8-10H,6-7H2,1-5H3,(H,18,20)(H,19,23).